The molecule has 0 aromatic carbocycles. The summed E-state index contributed by atoms with van der Waals surface area (Å²) >= 11 is 0. The summed E-state index contributed by atoms with van der Waals surface area (Å²) in [6, 6.07) is 0.224. The Hall–Kier alpha value is -0.130. The highest BCUT2D eigenvalue weighted by Gasteiger charge is 2.21. The van der Waals surface area contributed by atoms with Gasteiger partial charge in [-0.2, -0.15) is 0 Å². The maximum absolute atomic E-state index is 10.6. The Morgan fingerprint density at radius 3 is 2.25 bits per heavy atom. The van der Waals surface area contributed by atoms with Crippen molar-refractivity contribution in [3.8, 4) is 0 Å². The molecule has 0 aliphatic carbocycles. The van der Waals surface area contributed by atoms with E-state index < -0.39 is 10.9 Å². The Labute approximate surface area is 75.2 Å². The Morgan fingerprint density at radius 1 is 1.33 bits per heavy atom. The van der Waals surface area contributed by atoms with Gasteiger partial charge in [-0.25, -0.2) is 12.7 Å². The third kappa shape index (κ3) is 2.43. The molecule has 0 saturated carbocycles. The molecule has 5 heteroatoms. The average molecular weight is 192 g/mol. The van der Waals surface area contributed by atoms with Gasteiger partial charge < -0.3 is 4.90 Å². The molecule has 0 unspecified atom stereocenters. The maximum atomic E-state index is 10.6. The molecule has 1 heterocycles. The van der Waals surface area contributed by atoms with Crippen LogP contribution in [0.25, 0.3) is 0 Å². The first kappa shape index (κ1) is 9.95. The lowest BCUT2D eigenvalue weighted by Gasteiger charge is -2.31. The van der Waals surface area contributed by atoms with Crippen LogP contribution in [0.3, 0.4) is 0 Å². The molecule has 1 saturated heterocycles. The highest BCUT2D eigenvalue weighted by molar-refractivity contribution is 7.69. The Balaban J connectivity index is 2.44. The molecule has 12 heavy (non-hydrogen) atoms. The summed E-state index contributed by atoms with van der Waals surface area (Å²) in [5.74, 6) is 0. The van der Waals surface area contributed by atoms with Gasteiger partial charge in [0.05, 0.1) is 0 Å². The van der Waals surface area contributed by atoms with E-state index in [4.69, 9.17) is 0 Å². The van der Waals surface area contributed by atoms with Gasteiger partial charge in [0, 0.05) is 13.1 Å². The van der Waals surface area contributed by atoms with E-state index in [1.807, 2.05) is 0 Å². The largest absolute Gasteiger partial charge is 0.306 e. The predicted octanol–water partition coefficient (Wildman–Crippen LogP) is -0.461. The van der Waals surface area contributed by atoms with Crippen molar-refractivity contribution in [1.29, 1.82) is 0 Å². The van der Waals surface area contributed by atoms with Crippen molar-refractivity contribution in [3.63, 3.8) is 0 Å². The lowest BCUT2D eigenvalue weighted by molar-refractivity contribution is 0.200. The molecule has 0 aromatic rings. The standard InChI is InChI=1S/C7H16N2O2S/c1-8-5-3-7(4-6-8)9(2)12(10)11/h7,12H,3-6H2,1-2H3. The lowest BCUT2D eigenvalue weighted by atomic mass is 10.1. The van der Waals surface area contributed by atoms with Crippen LogP contribution in [-0.2, 0) is 10.9 Å². The zero-order valence-electron chi connectivity index (χ0n) is 7.56. The van der Waals surface area contributed by atoms with Gasteiger partial charge in [-0.1, -0.05) is 0 Å². The van der Waals surface area contributed by atoms with Gasteiger partial charge in [0.15, 0.2) is 0 Å². The summed E-state index contributed by atoms with van der Waals surface area (Å²) in [6.45, 7) is 2.00. The van der Waals surface area contributed by atoms with Crippen LogP contribution in [0.2, 0.25) is 0 Å². The molecule has 0 N–H and O–H groups in total. The predicted molar refractivity (Wildman–Crippen MR) is 48.6 cm³/mol. The summed E-state index contributed by atoms with van der Waals surface area (Å²) in [5, 5.41) is 0. The van der Waals surface area contributed by atoms with Crippen LogP contribution in [0, 0.1) is 0 Å². The monoisotopic (exact) mass is 192 g/mol. The van der Waals surface area contributed by atoms with E-state index in [-0.39, 0.29) is 6.04 Å². The molecule has 1 aliphatic rings. The van der Waals surface area contributed by atoms with Gasteiger partial charge in [0.2, 0.25) is 10.9 Å². The molecule has 0 amide bonds. The molecule has 72 valence electrons. The molecule has 0 aromatic heterocycles. The first-order chi connectivity index (χ1) is 5.61. The molecule has 1 rings (SSSR count). The topological polar surface area (TPSA) is 40.6 Å². The van der Waals surface area contributed by atoms with Crippen LogP contribution in [0.5, 0.6) is 0 Å². The SMILES string of the molecule is CN1CCC(N(C)[SH](=O)=O)CC1. The fourth-order valence-electron chi connectivity index (χ4n) is 1.50. The number of rotatable bonds is 2. The van der Waals surface area contributed by atoms with Crippen molar-refractivity contribution in [3.05, 3.63) is 0 Å². The maximum Gasteiger partial charge on any atom is 0.203 e. The summed E-state index contributed by atoms with van der Waals surface area (Å²) < 4.78 is 22.7. The molecule has 1 aliphatic heterocycles. The first-order valence-electron chi connectivity index (χ1n) is 4.17. The van der Waals surface area contributed by atoms with Crippen molar-refractivity contribution in [2.45, 2.75) is 18.9 Å². The number of hydrogen-bond acceptors (Lipinski definition) is 3. The number of thiol groups is 1. The van der Waals surface area contributed by atoms with Crippen LogP contribution in [0.4, 0.5) is 0 Å². The Kier molecular flexibility index (Phi) is 3.49. The van der Waals surface area contributed by atoms with Crippen molar-refractivity contribution in [2.75, 3.05) is 27.2 Å². The minimum atomic E-state index is -2.38. The Bertz CT molecular complexity index is 201. The Morgan fingerprint density at radius 2 is 1.83 bits per heavy atom. The normalized spacial score (nSPS) is 22.3. The number of hydrogen-bond donors (Lipinski definition) is 1. The van der Waals surface area contributed by atoms with Crippen molar-refractivity contribution < 1.29 is 8.42 Å². The zero-order valence-corrected chi connectivity index (χ0v) is 8.46. The summed E-state index contributed by atoms with van der Waals surface area (Å²) in [5.41, 5.74) is 0. The van der Waals surface area contributed by atoms with Gasteiger partial charge >= 0.3 is 0 Å². The molecule has 0 spiro atoms. The van der Waals surface area contributed by atoms with Crippen LogP contribution in [0.1, 0.15) is 12.8 Å². The fraction of sp³-hybridized carbons (Fsp3) is 1.00. The van der Waals surface area contributed by atoms with Gasteiger partial charge in [0.1, 0.15) is 0 Å². The summed E-state index contributed by atoms with van der Waals surface area (Å²) in [7, 11) is 1.33. The van der Waals surface area contributed by atoms with Crippen LogP contribution >= 0.6 is 0 Å². The van der Waals surface area contributed by atoms with Gasteiger partial charge in [-0.3, -0.25) is 0 Å². The number of piperidine rings is 1. The van der Waals surface area contributed by atoms with E-state index in [2.05, 4.69) is 11.9 Å². The van der Waals surface area contributed by atoms with Crippen molar-refractivity contribution in [2.24, 2.45) is 0 Å². The van der Waals surface area contributed by atoms with E-state index in [1.54, 1.807) is 7.05 Å². The second-order valence-electron chi connectivity index (χ2n) is 3.35. The van der Waals surface area contributed by atoms with Crippen molar-refractivity contribution >= 4 is 10.9 Å². The van der Waals surface area contributed by atoms with Crippen LogP contribution in [0.15, 0.2) is 0 Å². The van der Waals surface area contributed by atoms with Gasteiger partial charge in [-0.15, -0.1) is 0 Å². The fourth-order valence-corrected chi connectivity index (χ4v) is 2.00. The van der Waals surface area contributed by atoms with E-state index in [0.29, 0.717) is 0 Å². The van der Waals surface area contributed by atoms with Crippen LogP contribution < -0.4 is 0 Å². The summed E-state index contributed by atoms with van der Waals surface area (Å²) in [4.78, 5) is 2.22. The van der Waals surface area contributed by atoms with E-state index in [0.717, 1.165) is 25.9 Å². The van der Waals surface area contributed by atoms with Gasteiger partial charge in [-0.05, 0) is 33.0 Å². The molecule has 0 atom stereocenters. The number of nitrogens with zero attached hydrogens (tertiary/aromatic N) is 2. The smallest absolute Gasteiger partial charge is 0.203 e. The minimum Gasteiger partial charge on any atom is -0.306 e. The third-order valence-corrected chi connectivity index (χ3v) is 3.32. The molecule has 0 bridgehead atoms. The zero-order chi connectivity index (χ0) is 9.14. The molecule has 4 nitrogen and oxygen atoms in total. The average Bonchev–Trinajstić information content (AvgIpc) is 2.04. The highest BCUT2D eigenvalue weighted by Crippen LogP contribution is 2.13. The molecular formula is C7H16N2O2S. The summed E-state index contributed by atoms with van der Waals surface area (Å²) in [6.07, 6.45) is 1.91. The van der Waals surface area contributed by atoms with E-state index in [1.165, 1.54) is 4.31 Å². The van der Waals surface area contributed by atoms with E-state index >= 15 is 0 Å². The molecular weight excluding hydrogens is 176 g/mol. The second-order valence-corrected chi connectivity index (χ2v) is 4.45. The lowest BCUT2D eigenvalue weighted by Crippen LogP contribution is -2.41. The van der Waals surface area contributed by atoms with Crippen LogP contribution in [-0.4, -0.2) is 50.8 Å². The quantitative estimate of drug-likeness (QED) is 0.602. The number of likely N-dealkylation sites (tertiary alicyclic amines) is 1. The first-order valence-corrected chi connectivity index (χ1v) is 5.30. The molecule has 0 radical (unpaired) electrons. The van der Waals surface area contributed by atoms with E-state index in [9.17, 15) is 8.42 Å². The second kappa shape index (κ2) is 4.20. The minimum absolute atomic E-state index is 0.224. The van der Waals surface area contributed by atoms with Gasteiger partial charge in [0.25, 0.3) is 0 Å². The third-order valence-electron chi connectivity index (χ3n) is 2.47. The highest BCUT2D eigenvalue weighted by atomic mass is 32.2. The van der Waals surface area contributed by atoms with Crippen molar-refractivity contribution in [1.82, 2.24) is 9.21 Å². The molecule has 1 fully saturated rings.